The highest BCUT2D eigenvalue weighted by Crippen LogP contribution is 2.19. The fourth-order valence-corrected chi connectivity index (χ4v) is 3.15. The molecule has 0 fully saturated rings. The zero-order chi connectivity index (χ0) is 14.6. The Morgan fingerprint density at radius 1 is 0.900 bits per heavy atom. The summed E-state index contributed by atoms with van der Waals surface area (Å²) in [6.07, 6.45) is 0. The van der Waals surface area contributed by atoms with Gasteiger partial charge < -0.3 is 0 Å². The van der Waals surface area contributed by atoms with Crippen molar-refractivity contribution >= 4 is 9.84 Å². The molecule has 2 aromatic carbocycles. The van der Waals surface area contributed by atoms with E-state index in [0.717, 1.165) is 0 Å². The highest BCUT2D eigenvalue weighted by atomic mass is 32.2. The lowest BCUT2D eigenvalue weighted by atomic mass is 10.1. The molecule has 0 aliphatic rings. The Morgan fingerprint density at radius 3 is 2.15 bits per heavy atom. The molecule has 0 radical (unpaired) electrons. The number of benzene rings is 2. The molecule has 0 bridgehead atoms. The monoisotopic (exact) mass is 282 g/mol. The quantitative estimate of drug-likeness (QED) is 0.865. The van der Waals surface area contributed by atoms with Gasteiger partial charge in [-0.05, 0) is 23.8 Å². The predicted molar refractivity (Wildman–Crippen MR) is 73.2 cm³/mol. The van der Waals surface area contributed by atoms with Crippen LogP contribution < -0.4 is 0 Å². The molecule has 2 aromatic rings. The van der Waals surface area contributed by atoms with E-state index in [2.05, 4.69) is 0 Å². The van der Waals surface area contributed by atoms with Gasteiger partial charge in [-0.3, -0.25) is 0 Å². The Kier molecular flexibility index (Phi) is 3.84. The molecule has 0 aliphatic carbocycles. The first-order valence-corrected chi connectivity index (χ1v) is 7.43. The van der Waals surface area contributed by atoms with E-state index >= 15 is 0 Å². The van der Waals surface area contributed by atoms with Crippen molar-refractivity contribution in [3.63, 3.8) is 0 Å². The maximum Gasteiger partial charge on any atom is 0.182 e. The summed E-state index contributed by atoms with van der Waals surface area (Å²) < 4.78 is 24.6. The molecule has 0 N–H and O–H groups in total. The van der Waals surface area contributed by atoms with Gasteiger partial charge in [0.05, 0.1) is 21.8 Å². The molecule has 20 heavy (non-hydrogen) atoms. The molecular weight excluding hydrogens is 272 g/mol. The van der Waals surface area contributed by atoms with E-state index < -0.39 is 9.84 Å². The molecule has 4 nitrogen and oxygen atoms in total. The highest BCUT2D eigenvalue weighted by molar-refractivity contribution is 7.90. The van der Waals surface area contributed by atoms with Gasteiger partial charge >= 0.3 is 0 Å². The summed E-state index contributed by atoms with van der Waals surface area (Å²) in [5, 5.41) is 17.8. The van der Waals surface area contributed by atoms with Crippen LogP contribution in [0.3, 0.4) is 0 Å². The molecule has 0 unspecified atom stereocenters. The van der Waals surface area contributed by atoms with Crippen molar-refractivity contribution in [2.75, 3.05) is 0 Å². The average molecular weight is 282 g/mol. The lowest BCUT2D eigenvalue weighted by molar-refractivity contribution is 0.595. The van der Waals surface area contributed by atoms with E-state index in [4.69, 9.17) is 10.5 Å². The molecule has 2 rings (SSSR count). The molecule has 5 heteroatoms. The van der Waals surface area contributed by atoms with Crippen molar-refractivity contribution in [1.29, 1.82) is 10.5 Å². The fraction of sp³-hybridized carbons (Fsp3) is 0.0667. The number of sulfone groups is 1. The summed E-state index contributed by atoms with van der Waals surface area (Å²) in [6, 6.07) is 16.5. The zero-order valence-electron chi connectivity index (χ0n) is 10.4. The fourth-order valence-electron chi connectivity index (χ4n) is 1.78. The van der Waals surface area contributed by atoms with Gasteiger partial charge in [-0.2, -0.15) is 10.5 Å². The standard InChI is InChI=1S/C15H10N2O2S/c16-9-13-6-7-15(8-14(13)10-17)20(18,19)11-12-4-2-1-3-5-12/h1-8H,11H2. The van der Waals surface area contributed by atoms with E-state index in [0.29, 0.717) is 5.56 Å². The van der Waals surface area contributed by atoms with Gasteiger partial charge in [0, 0.05) is 0 Å². The summed E-state index contributed by atoms with van der Waals surface area (Å²) in [7, 11) is -3.53. The second-order valence-electron chi connectivity index (χ2n) is 4.18. The molecule has 0 atom stereocenters. The topological polar surface area (TPSA) is 81.7 Å². The number of rotatable bonds is 3. The number of nitriles is 2. The molecule has 0 heterocycles. The van der Waals surface area contributed by atoms with Crippen LogP contribution in [-0.4, -0.2) is 8.42 Å². The van der Waals surface area contributed by atoms with E-state index in [1.54, 1.807) is 24.3 Å². The summed E-state index contributed by atoms with van der Waals surface area (Å²) in [4.78, 5) is 0.0527. The SMILES string of the molecule is N#Cc1ccc(S(=O)(=O)Cc2ccccc2)cc1C#N. The number of hydrogen-bond acceptors (Lipinski definition) is 4. The maximum atomic E-state index is 12.3. The summed E-state index contributed by atoms with van der Waals surface area (Å²) in [5.41, 5.74) is 0.920. The second kappa shape index (κ2) is 5.56. The molecule has 0 spiro atoms. The van der Waals surface area contributed by atoms with Crippen LogP contribution in [-0.2, 0) is 15.6 Å². The van der Waals surface area contributed by atoms with Crippen LogP contribution in [0.5, 0.6) is 0 Å². The number of nitrogens with zero attached hydrogens (tertiary/aromatic N) is 2. The minimum Gasteiger partial charge on any atom is -0.223 e. The van der Waals surface area contributed by atoms with E-state index in [-0.39, 0.29) is 21.8 Å². The smallest absolute Gasteiger partial charge is 0.182 e. The first-order chi connectivity index (χ1) is 9.56. The van der Waals surface area contributed by atoms with Crippen LogP contribution in [0, 0.1) is 22.7 Å². The Labute approximate surface area is 117 Å². The minimum atomic E-state index is -3.53. The van der Waals surface area contributed by atoms with E-state index in [1.807, 2.05) is 18.2 Å². The van der Waals surface area contributed by atoms with Crippen LogP contribution in [0.25, 0.3) is 0 Å². The van der Waals surface area contributed by atoms with Gasteiger partial charge in [-0.1, -0.05) is 30.3 Å². The maximum absolute atomic E-state index is 12.3. The third kappa shape index (κ3) is 2.85. The Hall–Kier alpha value is -2.63. The van der Waals surface area contributed by atoms with Gasteiger partial charge in [0.15, 0.2) is 9.84 Å². The second-order valence-corrected chi connectivity index (χ2v) is 6.17. The third-order valence-electron chi connectivity index (χ3n) is 2.79. The van der Waals surface area contributed by atoms with Crippen LogP contribution in [0.1, 0.15) is 16.7 Å². The van der Waals surface area contributed by atoms with Crippen LogP contribution in [0.15, 0.2) is 53.4 Å². The lowest BCUT2D eigenvalue weighted by Crippen LogP contribution is -2.05. The van der Waals surface area contributed by atoms with E-state index in [1.165, 1.54) is 18.2 Å². The first-order valence-electron chi connectivity index (χ1n) is 5.78. The zero-order valence-corrected chi connectivity index (χ0v) is 11.3. The van der Waals surface area contributed by atoms with Crippen molar-refractivity contribution in [2.45, 2.75) is 10.6 Å². The van der Waals surface area contributed by atoms with Crippen molar-refractivity contribution in [3.05, 3.63) is 65.2 Å². The summed E-state index contributed by atoms with van der Waals surface area (Å²) >= 11 is 0. The molecule has 98 valence electrons. The molecule has 0 saturated heterocycles. The van der Waals surface area contributed by atoms with Gasteiger partial charge in [0.1, 0.15) is 12.1 Å². The van der Waals surface area contributed by atoms with Gasteiger partial charge in [-0.25, -0.2) is 8.42 Å². The molecule has 0 amide bonds. The summed E-state index contributed by atoms with van der Waals surface area (Å²) in [6.45, 7) is 0. The van der Waals surface area contributed by atoms with Crippen molar-refractivity contribution in [2.24, 2.45) is 0 Å². The first kappa shape index (κ1) is 13.8. The molecular formula is C15H10N2O2S. The Morgan fingerprint density at radius 2 is 1.55 bits per heavy atom. The van der Waals surface area contributed by atoms with Crippen LogP contribution in [0.2, 0.25) is 0 Å². The van der Waals surface area contributed by atoms with Crippen LogP contribution >= 0.6 is 0 Å². The third-order valence-corrected chi connectivity index (χ3v) is 4.48. The predicted octanol–water partition coefficient (Wildman–Crippen LogP) is 2.40. The van der Waals surface area contributed by atoms with Gasteiger partial charge in [0.25, 0.3) is 0 Å². The minimum absolute atomic E-state index is 0.0527. The largest absolute Gasteiger partial charge is 0.223 e. The van der Waals surface area contributed by atoms with Crippen molar-refractivity contribution < 1.29 is 8.42 Å². The van der Waals surface area contributed by atoms with Crippen molar-refractivity contribution in [1.82, 2.24) is 0 Å². The van der Waals surface area contributed by atoms with E-state index in [9.17, 15) is 8.42 Å². The number of hydrogen-bond donors (Lipinski definition) is 0. The molecule has 0 aliphatic heterocycles. The normalized spacial score (nSPS) is 10.5. The van der Waals surface area contributed by atoms with Crippen molar-refractivity contribution in [3.8, 4) is 12.1 Å². The molecule has 0 saturated carbocycles. The van der Waals surface area contributed by atoms with Crippen LogP contribution in [0.4, 0.5) is 0 Å². The van der Waals surface area contributed by atoms with Gasteiger partial charge in [-0.15, -0.1) is 0 Å². The molecule has 0 aromatic heterocycles. The Balaban J connectivity index is 2.41. The summed E-state index contributed by atoms with van der Waals surface area (Å²) in [5.74, 6) is -0.134. The average Bonchev–Trinajstić information content (AvgIpc) is 2.47. The Bertz CT molecular complexity index is 813. The highest BCUT2D eigenvalue weighted by Gasteiger charge is 2.17. The lowest BCUT2D eigenvalue weighted by Gasteiger charge is -2.05. The van der Waals surface area contributed by atoms with Gasteiger partial charge in [0.2, 0.25) is 0 Å².